The fraction of sp³-hybridized carbons (Fsp3) is 0.0714. The highest BCUT2D eigenvalue weighted by Gasteiger charge is 2.31. The third kappa shape index (κ3) is 2.96. The van der Waals surface area contributed by atoms with Crippen LogP contribution in [0.15, 0.2) is 47.6 Å². The Balaban J connectivity index is 2.62. The number of nitrogens with zero attached hydrogens (tertiary/aromatic N) is 1. The highest BCUT2D eigenvalue weighted by Crippen LogP contribution is 2.32. The summed E-state index contributed by atoms with van der Waals surface area (Å²) in [4.78, 5) is 0. The zero-order valence-corrected chi connectivity index (χ0v) is 10.7. The van der Waals surface area contributed by atoms with Crippen molar-refractivity contribution < 1.29 is 17.6 Å². The summed E-state index contributed by atoms with van der Waals surface area (Å²) in [6, 6.07) is 8.22. The average Bonchev–Trinajstić information content (AvgIpc) is 2.42. The molecule has 2 aromatic carbocycles. The number of hydrogen-bond donors (Lipinski definition) is 2. The van der Waals surface area contributed by atoms with Crippen molar-refractivity contribution in [2.75, 3.05) is 5.73 Å². The summed E-state index contributed by atoms with van der Waals surface area (Å²) in [6.45, 7) is 0. The molecule has 0 atom stereocenters. The normalized spacial score (nSPS) is 12.5. The van der Waals surface area contributed by atoms with Crippen molar-refractivity contribution in [2.24, 2.45) is 10.9 Å². The summed E-state index contributed by atoms with van der Waals surface area (Å²) in [5.74, 6) is 4.56. The van der Waals surface area contributed by atoms with Crippen LogP contribution in [-0.4, -0.2) is 5.71 Å². The molecular weight excluding hydrogens is 286 g/mol. The molecule has 0 unspecified atom stereocenters. The molecule has 0 saturated carbocycles. The van der Waals surface area contributed by atoms with Crippen LogP contribution in [0.5, 0.6) is 0 Å². The van der Waals surface area contributed by atoms with E-state index in [0.29, 0.717) is 0 Å². The first-order valence-corrected chi connectivity index (χ1v) is 5.84. The molecule has 0 aromatic heterocycles. The van der Waals surface area contributed by atoms with Gasteiger partial charge in [-0.1, -0.05) is 12.1 Å². The van der Waals surface area contributed by atoms with E-state index in [2.05, 4.69) is 5.10 Å². The molecule has 0 aliphatic rings. The van der Waals surface area contributed by atoms with E-state index in [1.54, 1.807) is 0 Å². The monoisotopic (exact) mass is 297 g/mol. The van der Waals surface area contributed by atoms with Crippen LogP contribution >= 0.6 is 0 Å². The largest absolute Gasteiger partial charge is 0.416 e. The van der Waals surface area contributed by atoms with E-state index < -0.39 is 17.6 Å². The molecule has 0 spiro atoms. The van der Waals surface area contributed by atoms with Crippen LogP contribution in [0.2, 0.25) is 0 Å². The Labute approximate surface area is 117 Å². The summed E-state index contributed by atoms with van der Waals surface area (Å²) in [5.41, 5.74) is 4.55. The van der Waals surface area contributed by atoms with Gasteiger partial charge in [0.25, 0.3) is 0 Å². The molecule has 0 heterocycles. The molecule has 7 heteroatoms. The molecule has 4 N–H and O–H groups in total. The number of hydrazone groups is 1. The predicted molar refractivity (Wildman–Crippen MR) is 72.1 cm³/mol. The Kier molecular flexibility index (Phi) is 3.84. The first-order valence-electron chi connectivity index (χ1n) is 5.84. The Morgan fingerprint density at radius 3 is 2.24 bits per heavy atom. The summed E-state index contributed by atoms with van der Waals surface area (Å²) < 4.78 is 52.1. The van der Waals surface area contributed by atoms with Gasteiger partial charge >= 0.3 is 6.18 Å². The maximum atomic E-state index is 13.8. The summed E-state index contributed by atoms with van der Waals surface area (Å²) in [6.07, 6.45) is -4.54. The van der Waals surface area contributed by atoms with Gasteiger partial charge in [0, 0.05) is 16.8 Å². The molecular formula is C14H11F4N3. The van der Waals surface area contributed by atoms with Crippen LogP contribution in [0.1, 0.15) is 16.7 Å². The lowest BCUT2D eigenvalue weighted by atomic mass is 9.98. The lowest BCUT2D eigenvalue weighted by Gasteiger charge is -2.13. The number of halogens is 4. The Bertz CT molecular complexity index is 693. The molecule has 0 fully saturated rings. The van der Waals surface area contributed by atoms with Crippen molar-refractivity contribution in [3.05, 3.63) is 65.0 Å². The van der Waals surface area contributed by atoms with Gasteiger partial charge in [-0.05, 0) is 30.3 Å². The molecule has 110 valence electrons. The van der Waals surface area contributed by atoms with Crippen LogP contribution in [0, 0.1) is 5.82 Å². The van der Waals surface area contributed by atoms with Crippen molar-refractivity contribution in [1.29, 1.82) is 0 Å². The van der Waals surface area contributed by atoms with Gasteiger partial charge in [0.2, 0.25) is 0 Å². The lowest BCUT2D eigenvalue weighted by Crippen LogP contribution is -2.14. The third-order valence-electron chi connectivity index (χ3n) is 2.89. The molecule has 21 heavy (non-hydrogen) atoms. The second kappa shape index (κ2) is 5.43. The number of benzene rings is 2. The van der Waals surface area contributed by atoms with Gasteiger partial charge in [-0.3, -0.25) is 0 Å². The zero-order valence-electron chi connectivity index (χ0n) is 10.7. The second-order valence-corrected chi connectivity index (χ2v) is 4.26. The number of nitrogen functional groups attached to an aromatic ring is 1. The Morgan fingerprint density at radius 2 is 1.67 bits per heavy atom. The highest BCUT2D eigenvalue weighted by molar-refractivity contribution is 6.15. The van der Waals surface area contributed by atoms with Gasteiger partial charge in [0.05, 0.1) is 5.56 Å². The van der Waals surface area contributed by atoms with E-state index in [-0.39, 0.29) is 22.5 Å². The van der Waals surface area contributed by atoms with E-state index in [1.165, 1.54) is 18.2 Å². The number of anilines is 1. The van der Waals surface area contributed by atoms with E-state index >= 15 is 0 Å². The van der Waals surface area contributed by atoms with Gasteiger partial charge in [-0.25, -0.2) is 4.39 Å². The molecule has 3 nitrogen and oxygen atoms in total. The molecule has 2 rings (SSSR count). The van der Waals surface area contributed by atoms with Crippen LogP contribution in [0.4, 0.5) is 23.2 Å². The van der Waals surface area contributed by atoms with Crippen LogP contribution in [0.3, 0.4) is 0 Å². The number of alkyl halides is 3. The molecule has 0 saturated heterocycles. The quantitative estimate of drug-likeness (QED) is 0.294. The van der Waals surface area contributed by atoms with Crippen molar-refractivity contribution in [1.82, 2.24) is 0 Å². The van der Waals surface area contributed by atoms with E-state index in [4.69, 9.17) is 11.6 Å². The number of hydrogen-bond acceptors (Lipinski definition) is 3. The molecule has 0 bridgehead atoms. The van der Waals surface area contributed by atoms with Crippen molar-refractivity contribution >= 4 is 11.4 Å². The minimum atomic E-state index is -4.54. The maximum absolute atomic E-state index is 13.8. The highest BCUT2D eigenvalue weighted by atomic mass is 19.4. The van der Waals surface area contributed by atoms with Gasteiger partial charge < -0.3 is 11.6 Å². The minimum Gasteiger partial charge on any atom is -0.398 e. The Morgan fingerprint density at radius 1 is 1.00 bits per heavy atom. The fourth-order valence-corrected chi connectivity index (χ4v) is 1.88. The smallest absolute Gasteiger partial charge is 0.398 e. The first kappa shape index (κ1) is 14.8. The third-order valence-corrected chi connectivity index (χ3v) is 2.89. The molecule has 0 aliphatic carbocycles. The van der Waals surface area contributed by atoms with Gasteiger partial charge in [0.15, 0.2) is 0 Å². The lowest BCUT2D eigenvalue weighted by molar-refractivity contribution is -0.137. The van der Waals surface area contributed by atoms with Crippen LogP contribution < -0.4 is 11.6 Å². The second-order valence-electron chi connectivity index (χ2n) is 4.26. The predicted octanol–water partition coefficient (Wildman–Crippen LogP) is 3.14. The summed E-state index contributed by atoms with van der Waals surface area (Å²) in [7, 11) is 0. The summed E-state index contributed by atoms with van der Waals surface area (Å²) in [5, 5.41) is 3.40. The number of rotatable bonds is 2. The molecule has 2 aromatic rings. The van der Waals surface area contributed by atoms with E-state index in [9.17, 15) is 17.6 Å². The van der Waals surface area contributed by atoms with E-state index in [1.807, 2.05) is 0 Å². The van der Waals surface area contributed by atoms with Crippen molar-refractivity contribution in [2.45, 2.75) is 6.18 Å². The van der Waals surface area contributed by atoms with Crippen LogP contribution in [0.25, 0.3) is 0 Å². The van der Waals surface area contributed by atoms with Gasteiger partial charge in [-0.2, -0.15) is 18.3 Å². The average molecular weight is 297 g/mol. The SMILES string of the molecule is NN=C(c1cc(C(F)(F)F)ccc1N)c1ccccc1F. The van der Waals surface area contributed by atoms with Crippen molar-refractivity contribution in [3.8, 4) is 0 Å². The topological polar surface area (TPSA) is 64.4 Å². The van der Waals surface area contributed by atoms with Gasteiger partial charge in [0.1, 0.15) is 11.5 Å². The standard InChI is InChI=1S/C14H11F4N3/c15-11-4-2-1-3-9(11)13(21-20)10-7-8(14(16,17)18)5-6-12(10)19/h1-7H,19-20H2. The first-order chi connectivity index (χ1) is 9.84. The van der Waals surface area contributed by atoms with E-state index in [0.717, 1.165) is 24.3 Å². The number of nitrogens with two attached hydrogens (primary N) is 2. The maximum Gasteiger partial charge on any atom is 0.416 e. The van der Waals surface area contributed by atoms with Crippen molar-refractivity contribution in [3.63, 3.8) is 0 Å². The van der Waals surface area contributed by atoms with Gasteiger partial charge in [-0.15, -0.1) is 0 Å². The fourth-order valence-electron chi connectivity index (χ4n) is 1.88. The summed E-state index contributed by atoms with van der Waals surface area (Å²) >= 11 is 0. The molecule has 0 amide bonds. The zero-order chi connectivity index (χ0) is 15.6. The molecule has 0 aliphatic heterocycles. The van der Waals surface area contributed by atoms with Crippen LogP contribution in [-0.2, 0) is 6.18 Å². The molecule has 0 radical (unpaired) electrons. The minimum absolute atomic E-state index is 0.0222. The Hall–Kier alpha value is -2.57.